The van der Waals surface area contributed by atoms with E-state index in [1.54, 1.807) is 19.9 Å². The van der Waals surface area contributed by atoms with E-state index in [1.807, 2.05) is 27.7 Å². The van der Waals surface area contributed by atoms with Crippen molar-refractivity contribution in [3.8, 4) is 0 Å². The van der Waals surface area contributed by atoms with Crippen LogP contribution in [0.3, 0.4) is 0 Å². The molecule has 1 amide bonds. The molecule has 0 radical (unpaired) electrons. The molecule has 1 rings (SSSR count). The summed E-state index contributed by atoms with van der Waals surface area (Å²) in [5.74, 6) is -0.137. The van der Waals surface area contributed by atoms with E-state index in [2.05, 4.69) is 6.58 Å². The highest BCUT2D eigenvalue weighted by atomic mass is 16.6. The molecule has 1 aliphatic heterocycles. The summed E-state index contributed by atoms with van der Waals surface area (Å²) in [7, 11) is 0. The number of hydrogen-bond donors (Lipinski definition) is 1. The Balaban J connectivity index is 2.96. The molecule has 1 N–H and O–H groups in total. The Morgan fingerprint density at radius 2 is 2.10 bits per heavy atom. The van der Waals surface area contributed by atoms with Crippen LogP contribution in [-0.2, 0) is 9.47 Å². The number of ether oxygens (including phenoxy) is 2. The molecule has 5 nitrogen and oxygen atoms in total. The Bertz CT molecular complexity index is 373. The summed E-state index contributed by atoms with van der Waals surface area (Å²) < 4.78 is 11.1. The molecule has 0 spiro atoms. The summed E-state index contributed by atoms with van der Waals surface area (Å²) in [4.78, 5) is 13.9. The lowest BCUT2D eigenvalue weighted by Crippen LogP contribution is -2.54. The minimum Gasteiger partial charge on any atom is -0.444 e. The van der Waals surface area contributed by atoms with E-state index in [9.17, 15) is 9.90 Å². The maximum absolute atomic E-state index is 12.4. The zero-order valence-electron chi connectivity index (χ0n) is 13.3. The first-order valence-corrected chi connectivity index (χ1v) is 6.96. The van der Waals surface area contributed by atoms with Gasteiger partial charge in [0.05, 0.1) is 18.8 Å². The van der Waals surface area contributed by atoms with E-state index in [0.29, 0.717) is 0 Å². The van der Waals surface area contributed by atoms with Crippen LogP contribution in [0.15, 0.2) is 12.7 Å². The Morgan fingerprint density at radius 1 is 1.55 bits per heavy atom. The van der Waals surface area contributed by atoms with E-state index >= 15 is 0 Å². The smallest absolute Gasteiger partial charge is 0.412 e. The van der Waals surface area contributed by atoms with Crippen molar-refractivity contribution in [2.45, 2.75) is 65.0 Å². The second kappa shape index (κ2) is 5.74. The van der Waals surface area contributed by atoms with Crippen molar-refractivity contribution in [3.05, 3.63) is 12.7 Å². The number of carbonyl (C=O) groups is 1. The molecule has 1 saturated heterocycles. The monoisotopic (exact) mass is 285 g/mol. The van der Waals surface area contributed by atoms with Gasteiger partial charge in [-0.25, -0.2) is 4.79 Å². The van der Waals surface area contributed by atoms with Crippen LogP contribution in [-0.4, -0.2) is 46.2 Å². The van der Waals surface area contributed by atoms with Gasteiger partial charge in [0.15, 0.2) is 0 Å². The summed E-state index contributed by atoms with van der Waals surface area (Å²) in [6, 6.07) is -0.437. The van der Waals surface area contributed by atoms with Gasteiger partial charge in [-0.2, -0.15) is 0 Å². The maximum atomic E-state index is 12.4. The average molecular weight is 285 g/mol. The Hall–Kier alpha value is -1.07. The summed E-state index contributed by atoms with van der Waals surface area (Å²) in [5, 5.41) is 10.4. The van der Waals surface area contributed by atoms with Gasteiger partial charge in [-0.15, -0.1) is 6.58 Å². The number of aliphatic hydroxyl groups is 1. The number of aliphatic hydroxyl groups excluding tert-OH is 1. The van der Waals surface area contributed by atoms with Crippen molar-refractivity contribution < 1.29 is 19.4 Å². The van der Waals surface area contributed by atoms with E-state index in [4.69, 9.17) is 9.47 Å². The number of amides is 1. The fourth-order valence-electron chi connectivity index (χ4n) is 2.24. The molecular weight excluding hydrogens is 258 g/mol. The minimum atomic E-state index is -0.797. The van der Waals surface area contributed by atoms with Crippen LogP contribution in [0.2, 0.25) is 0 Å². The molecule has 0 aromatic rings. The van der Waals surface area contributed by atoms with E-state index in [0.717, 1.165) is 0 Å². The number of nitrogens with zero attached hydrogens (tertiary/aromatic N) is 1. The van der Waals surface area contributed by atoms with Gasteiger partial charge in [-0.3, -0.25) is 4.90 Å². The first-order valence-electron chi connectivity index (χ1n) is 6.96. The van der Waals surface area contributed by atoms with Crippen LogP contribution in [0.25, 0.3) is 0 Å². The highest BCUT2D eigenvalue weighted by Crippen LogP contribution is 2.32. The van der Waals surface area contributed by atoms with Gasteiger partial charge in [-0.05, 0) is 34.6 Å². The van der Waals surface area contributed by atoms with Gasteiger partial charge in [0.1, 0.15) is 11.3 Å². The van der Waals surface area contributed by atoms with E-state index in [1.165, 1.54) is 4.90 Å². The molecule has 0 aromatic carbocycles. The first kappa shape index (κ1) is 17.0. The van der Waals surface area contributed by atoms with Gasteiger partial charge in [0.25, 0.3) is 0 Å². The van der Waals surface area contributed by atoms with Crippen molar-refractivity contribution in [3.63, 3.8) is 0 Å². The molecule has 3 atom stereocenters. The predicted octanol–water partition coefficient (Wildman–Crippen LogP) is 2.54. The molecule has 5 heteroatoms. The van der Waals surface area contributed by atoms with Gasteiger partial charge in [-0.1, -0.05) is 13.0 Å². The molecule has 1 unspecified atom stereocenters. The third kappa shape index (κ3) is 3.73. The second-order valence-electron chi connectivity index (χ2n) is 6.76. The second-order valence-corrected chi connectivity index (χ2v) is 6.76. The highest BCUT2D eigenvalue weighted by molar-refractivity contribution is 5.70. The van der Waals surface area contributed by atoms with Crippen LogP contribution in [0.1, 0.15) is 41.5 Å². The van der Waals surface area contributed by atoms with Crippen LogP contribution in [0.5, 0.6) is 0 Å². The lowest BCUT2D eigenvalue weighted by molar-refractivity contribution is -0.0692. The zero-order chi connectivity index (χ0) is 15.7. The highest BCUT2D eigenvalue weighted by Gasteiger charge is 2.48. The predicted molar refractivity (Wildman–Crippen MR) is 77.3 cm³/mol. The van der Waals surface area contributed by atoms with Crippen LogP contribution >= 0.6 is 0 Å². The number of hydrogen-bond acceptors (Lipinski definition) is 4. The molecular formula is C15H27NO4. The average Bonchev–Trinajstić information content (AvgIpc) is 2.60. The Morgan fingerprint density at radius 3 is 2.55 bits per heavy atom. The van der Waals surface area contributed by atoms with Gasteiger partial charge in [0, 0.05) is 5.92 Å². The standard InChI is InChI=1S/C15H27NO4/c1-8-10(2)12(17)11-9-19-15(6,7)16(11)13(18)20-14(3,4)5/h8,10-12,17H,1,9H2,2-7H3/t10?,11-,12+/m0/s1. The van der Waals surface area contributed by atoms with Gasteiger partial charge in [0.2, 0.25) is 0 Å². The molecule has 20 heavy (non-hydrogen) atoms. The maximum Gasteiger partial charge on any atom is 0.412 e. The zero-order valence-corrected chi connectivity index (χ0v) is 13.3. The van der Waals surface area contributed by atoms with Crippen molar-refractivity contribution in [2.24, 2.45) is 5.92 Å². The first-order chi connectivity index (χ1) is 8.99. The summed E-state index contributed by atoms with van der Waals surface area (Å²) in [6.07, 6.45) is 0.464. The fraction of sp³-hybridized carbons (Fsp3) is 0.800. The molecule has 1 heterocycles. The van der Waals surface area contributed by atoms with Crippen LogP contribution < -0.4 is 0 Å². The topological polar surface area (TPSA) is 59.0 Å². The Kier molecular flexibility index (Phi) is 4.87. The molecule has 1 fully saturated rings. The number of rotatable bonds is 3. The quantitative estimate of drug-likeness (QED) is 0.810. The molecule has 0 bridgehead atoms. The lowest BCUT2D eigenvalue weighted by Gasteiger charge is -2.37. The number of carbonyl (C=O) groups excluding carboxylic acids is 1. The Labute approximate surface area is 121 Å². The molecule has 0 aliphatic carbocycles. The van der Waals surface area contributed by atoms with E-state index in [-0.39, 0.29) is 12.5 Å². The summed E-state index contributed by atoms with van der Waals surface area (Å²) in [6.45, 7) is 14.8. The van der Waals surface area contributed by atoms with Gasteiger partial charge < -0.3 is 14.6 Å². The summed E-state index contributed by atoms with van der Waals surface area (Å²) >= 11 is 0. The molecule has 0 aromatic heterocycles. The molecule has 116 valence electrons. The normalized spacial score (nSPS) is 25.1. The van der Waals surface area contributed by atoms with Gasteiger partial charge >= 0.3 is 6.09 Å². The largest absolute Gasteiger partial charge is 0.444 e. The molecule has 0 saturated carbocycles. The van der Waals surface area contributed by atoms with Crippen molar-refractivity contribution in [1.82, 2.24) is 4.90 Å². The fourth-order valence-corrected chi connectivity index (χ4v) is 2.24. The van der Waals surface area contributed by atoms with Crippen LogP contribution in [0.4, 0.5) is 4.79 Å². The summed E-state index contributed by atoms with van der Waals surface area (Å²) in [5.41, 5.74) is -1.38. The van der Waals surface area contributed by atoms with Crippen molar-refractivity contribution in [1.29, 1.82) is 0 Å². The van der Waals surface area contributed by atoms with E-state index < -0.39 is 29.6 Å². The van der Waals surface area contributed by atoms with Crippen molar-refractivity contribution in [2.75, 3.05) is 6.61 Å². The van der Waals surface area contributed by atoms with Crippen molar-refractivity contribution >= 4 is 6.09 Å². The minimum absolute atomic E-state index is 0.137. The molecule has 1 aliphatic rings. The van der Waals surface area contributed by atoms with Crippen LogP contribution in [0, 0.1) is 5.92 Å². The third-order valence-electron chi connectivity index (χ3n) is 3.41. The SMILES string of the molecule is C=CC(C)[C@@H](O)[C@@H]1COC(C)(C)N1C(=O)OC(C)(C)C. The lowest BCUT2D eigenvalue weighted by atomic mass is 9.97. The third-order valence-corrected chi connectivity index (χ3v) is 3.41.